The number of hydrogen-bond acceptors (Lipinski definition) is 3. The molecule has 0 saturated carbocycles. The van der Waals surface area contributed by atoms with Crippen LogP contribution in [0, 0.1) is 0 Å². The van der Waals surface area contributed by atoms with Crippen LogP contribution >= 0.6 is 0 Å². The normalized spacial score (nSPS) is 11.4. The molecule has 0 atom stereocenters. The number of rotatable bonds is 7. The van der Waals surface area contributed by atoms with Gasteiger partial charge in [0.1, 0.15) is 11.2 Å². The Morgan fingerprint density at radius 1 is 0.254 bits per heavy atom. The van der Waals surface area contributed by atoms with Gasteiger partial charge >= 0.3 is 0 Å². The van der Waals surface area contributed by atoms with Crippen LogP contribution in [0.4, 0.5) is 0 Å². The molecule has 0 aliphatic rings. The van der Waals surface area contributed by atoms with Gasteiger partial charge in [0.25, 0.3) is 0 Å². The average molecular weight is 753 g/mol. The molecule has 0 fully saturated rings. The third-order valence-electron chi connectivity index (χ3n) is 11.3. The summed E-state index contributed by atoms with van der Waals surface area (Å²) in [4.78, 5) is 10.0. The van der Waals surface area contributed by atoms with Crippen molar-refractivity contribution in [2.75, 3.05) is 0 Å². The molecule has 11 rings (SSSR count). The maximum Gasteiger partial charge on any atom is 0.160 e. The van der Waals surface area contributed by atoms with Crippen LogP contribution in [-0.4, -0.2) is 9.97 Å². The lowest BCUT2D eigenvalue weighted by Crippen LogP contribution is -1.95. The summed E-state index contributed by atoms with van der Waals surface area (Å²) in [5.74, 6) is 0.708. The minimum atomic E-state index is 0.708. The molecule has 0 spiro atoms. The van der Waals surface area contributed by atoms with E-state index in [0.717, 1.165) is 77.7 Å². The van der Waals surface area contributed by atoms with Gasteiger partial charge in [0.05, 0.1) is 11.4 Å². The van der Waals surface area contributed by atoms with Crippen LogP contribution < -0.4 is 0 Å². The Labute approximate surface area is 342 Å². The summed E-state index contributed by atoms with van der Waals surface area (Å²) in [6.45, 7) is 0. The van der Waals surface area contributed by atoms with E-state index in [0.29, 0.717) is 5.82 Å². The van der Waals surface area contributed by atoms with Crippen LogP contribution in [0.1, 0.15) is 0 Å². The third kappa shape index (κ3) is 6.36. The van der Waals surface area contributed by atoms with E-state index in [2.05, 4.69) is 182 Å². The standard InChI is InChI=1S/C56H36N2O/c1-4-15-37(16-5-1)42-21-13-24-45(34-42)50-35-51-49-28-14-27-46(54(49)59-55(51)48-26-11-10-25-47(48)50)44-23-12-22-43(33-44)38-29-31-40(32-30-38)53-36-52(39-17-6-2-7-18-39)57-56(58-53)41-19-8-3-9-20-41/h1-36H. The highest BCUT2D eigenvalue weighted by molar-refractivity contribution is 6.20. The van der Waals surface area contributed by atoms with E-state index >= 15 is 0 Å². The lowest BCUT2D eigenvalue weighted by molar-refractivity contribution is 0.674. The number of furan rings is 1. The van der Waals surface area contributed by atoms with Gasteiger partial charge in [-0.1, -0.05) is 194 Å². The van der Waals surface area contributed by atoms with Gasteiger partial charge in [-0.15, -0.1) is 0 Å². The first-order valence-electron chi connectivity index (χ1n) is 20.0. The summed E-state index contributed by atoms with van der Waals surface area (Å²) in [6.07, 6.45) is 0. The molecule has 0 saturated heterocycles. The quantitative estimate of drug-likeness (QED) is 0.163. The van der Waals surface area contributed by atoms with Gasteiger partial charge < -0.3 is 4.42 Å². The largest absolute Gasteiger partial charge is 0.455 e. The monoisotopic (exact) mass is 752 g/mol. The number of benzene rings is 9. The summed E-state index contributed by atoms with van der Waals surface area (Å²) >= 11 is 0. The summed E-state index contributed by atoms with van der Waals surface area (Å²) in [5.41, 5.74) is 15.9. The number of nitrogens with zero attached hydrogens (tertiary/aromatic N) is 2. The van der Waals surface area contributed by atoms with Gasteiger partial charge in [-0.2, -0.15) is 0 Å². The molecule has 59 heavy (non-hydrogen) atoms. The topological polar surface area (TPSA) is 38.9 Å². The third-order valence-corrected chi connectivity index (χ3v) is 11.3. The highest BCUT2D eigenvalue weighted by Crippen LogP contribution is 2.43. The molecule has 0 radical (unpaired) electrons. The Morgan fingerprint density at radius 2 is 0.695 bits per heavy atom. The molecule has 2 aromatic heterocycles. The molecular formula is C56H36N2O. The summed E-state index contributed by atoms with van der Waals surface area (Å²) in [5, 5.41) is 4.50. The van der Waals surface area contributed by atoms with Gasteiger partial charge in [0.15, 0.2) is 5.82 Å². The van der Waals surface area contributed by atoms with Crippen LogP contribution in [0.3, 0.4) is 0 Å². The molecule has 2 heterocycles. The van der Waals surface area contributed by atoms with Crippen molar-refractivity contribution in [1.29, 1.82) is 0 Å². The van der Waals surface area contributed by atoms with Crippen LogP contribution in [0.15, 0.2) is 223 Å². The van der Waals surface area contributed by atoms with Crippen molar-refractivity contribution >= 4 is 32.7 Å². The molecule has 3 heteroatoms. The summed E-state index contributed by atoms with van der Waals surface area (Å²) in [7, 11) is 0. The molecule has 0 bridgehead atoms. The zero-order chi connectivity index (χ0) is 39.1. The van der Waals surface area contributed by atoms with E-state index in [4.69, 9.17) is 14.4 Å². The van der Waals surface area contributed by atoms with Crippen molar-refractivity contribution in [3.05, 3.63) is 218 Å². The second-order valence-electron chi connectivity index (χ2n) is 14.9. The van der Waals surface area contributed by atoms with Crippen LogP contribution in [0.5, 0.6) is 0 Å². The molecule has 0 amide bonds. The first kappa shape index (κ1) is 34.4. The second kappa shape index (κ2) is 14.6. The molecule has 0 aliphatic carbocycles. The van der Waals surface area contributed by atoms with E-state index in [1.54, 1.807) is 0 Å². The molecule has 3 nitrogen and oxygen atoms in total. The van der Waals surface area contributed by atoms with Gasteiger partial charge in [0, 0.05) is 38.4 Å². The van der Waals surface area contributed by atoms with Crippen molar-refractivity contribution in [3.8, 4) is 78.4 Å². The van der Waals surface area contributed by atoms with E-state index in [9.17, 15) is 0 Å². The molecule has 11 aromatic rings. The Balaban J connectivity index is 0.973. The van der Waals surface area contributed by atoms with Crippen molar-refractivity contribution in [2.24, 2.45) is 0 Å². The fraction of sp³-hybridized carbons (Fsp3) is 0. The second-order valence-corrected chi connectivity index (χ2v) is 14.9. The van der Waals surface area contributed by atoms with E-state index in [1.807, 2.05) is 36.4 Å². The van der Waals surface area contributed by atoms with Crippen molar-refractivity contribution in [2.45, 2.75) is 0 Å². The van der Waals surface area contributed by atoms with Crippen molar-refractivity contribution < 1.29 is 4.42 Å². The van der Waals surface area contributed by atoms with Crippen LogP contribution in [0.2, 0.25) is 0 Å². The average Bonchev–Trinajstić information content (AvgIpc) is 3.71. The number of aromatic nitrogens is 2. The first-order chi connectivity index (χ1) is 29.2. The number of para-hydroxylation sites is 1. The van der Waals surface area contributed by atoms with E-state index < -0.39 is 0 Å². The maximum absolute atomic E-state index is 6.92. The first-order valence-corrected chi connectivity index (χ1v) is 20.0. The Bertz CT molecular complexity index is 3240. The van der Waals surface area contributed by atoms with E-state index in [-0.39, 0.29) is 0 Å². The predicted octanol–water partition coefficient (Wildman–Crippen LogP) is 15.2. The van der Waals surface area contributed by atoms with Gasteiger partial charge in [-0.3, -0.25) is 0 Å². The highest BCUT2D eigenvalue weighted by Gasteiger charge is 2.18. The lowest BCUT2D eigenvalue weighted by atomic mass is 9.93. The highest BCUT2D eigenvalue weighted by atomic mass is 16.3. The lowest BCUT2D eigenvalue weighted by Gasteiger charge is -2.10. The number of hydrogen-bond donors (Lipinski definition) is 0. The van der Waals surface area contributed by atoms with Crippen molar-refractivity contribution in [1.82, 2.24) is 9.97 Å². The molecule has 0 N–H and O–H groups in total. The summed E-state index contributed by atoms with van der Waals surface area (Å²) in [6, 6.07) is 76.8. The molecule has 276 valence electrons. The Kier molecular flexibility index (Phi) is 8.49. The van der Waals surface area contributed by atoms with E-state index in [1.165, 1.54) is 27.6 Å². The van der Waals surface area contributed by atoms with Crippen LogP contribution in [0.25, 0.3) is 111 Å². The fourth-order valence-electron chi connectivity index (χ4n) is 8.35. The van der Waals surface area contributed by atoms with Crippen LogP contribution in [-0.2, 0) is 0 Å². The Morgan fingerprint density at radius 3 is 1.36 bits per heavy atom. The molecule has 9 aromatic carbocycles. The van der Waals surface area contributed by atoms with Gasteiger partial charge in [-0.25, -0.2) is 9.97 Å². The van der Waals surface area contributed by atoms with Gasteiger partial charge in [-0.05, 0) is 68.6 Å². The number of fused-ring (bicyclic) bond motifs is 5. The fourth-order valence-corrected chi connectivity index (χ4v) is 8.35. The minimum Gasteiger partial charge on any atom is -0.455 e. The molecule has 0 aliphatic heterocycles. The minimum absolute atomic E-state index is 0.708. The Hall–Kier alpha value is -7.88. The molecule has 0 unspecified atom stereocenters. The zero-order valence-electron chi connectivity index (χ0n) is 32.1. The maximum atomic E-state index is 6.92. The predicted molar refractivity (Wildman–Crippen MR) is 245 cm³/mol. The summed E-state index contributed by atoms with van der Waals surface area (Å²) < 4.78 is 6.92. The molecular weight excluding hydrogens is 717 g/mol. The van der Waals surface area contributed by atoms with Gasteiger partial charge in [0.2, 0.25) is 0 Å². The van der Waals surface area contributed by atoms with Crippen molar-refractivity contribution in [3.63, 3.8) is 0 Å². The zero-order valence-corrected chi connectivity index (χ0v) is 32.1. The smallest absolute Gasteiger partial charge is 0.160 e. The SMILES string of the molecule is c1ccc(-c2cccc(-c3cc4c5cccc(-c6cccc(-c7ccc(-c8cc(-c9ccccc9)nc(-c9ccccc9)n8)cc7)c6)c5oc4c4ccccc34)c2)cc1.